The molecule has 2 nitrogen and oxygen atoms in total. The van der Waals surface area contributed by atoms with Crippen molar-refractivity contribution < 1.29 is 0 Å². The zero-order chi connectivity index (χ0) is 14.4. The van der Waals surface area contributed by atoms with Gasteiger partial charge in [0.2, 0.25) is 0 Å². The van der Waals surface area contributed by atoms with Crippen molar-refractivity contribution >= 4 is 0 Å². The van der Waals surface area contributed by atoms with Gasteiger partial charge in [0.15, 0.2) is 0 Å². The summed E-state index contributed by atoms with van der Waals surface area (Å²) in [6.07, 6.45) is 5.21. The Kier molecular flexibility index (Phi) is 7.38. The summed E-state index contributed by atoms with van der Waals surface area (Å²) in [5.74, 6) is 1.62. The van der Waals surface area contributed by atoms with Crippen molar-refractivity contribution in [1.82, 2.24) is 10.2 Å². The van der Waals surface area contributed by atoms with Crippen molar-refractivity contribution in [2.24, 2.45) is 11.8 Å². The molecule has 0 bridgehead atoms. The third kappa shape index (κ3) is 4.75. The SMILES string of the molecule is CCCNC1CCN(C(C)CC(C)CC)C(C)C1C. The Morgan fingerprint density at radius 2 is 1.89 bits per heavy atom. The molecule has 19 heavy (non-hydrogen) atoms. The van der Waals surface area contributed by atoms with Crippen LogP contribution in [0.5, 0.6) is 0 Å². The average molecular weight is 268 g/mol. The van der Waals surface area contributed by atoms with E-state index in [-0.39, 0.29) is 0 Å². The second-order valence-electron chi connectivity index (χ2n) is 6.78. The third-order valence-corrected chi connectivity index (χ3v) is 5.28. The molecular formula is C17H36N2. The van der Waals surface area contributed by atoms with Crippen molar-refractivity contribution in [3.8, 4) is 0 Å². The van der Waals surface area contributed by atoms with Gasteiger partial charge in [0.25, 0.3) is 0 Å². The van der Waals surface area contributed by atoms with Gasteiger partial charge in [-0.25, -0.2) is 0 Å². The molecule has 0 spiro atoms. The standard InChI is InChI=1S/C17H36N2/c1-7-10-18-17-9-11-19(16(6)15(17)5)14(4)12-13(3)8-2/h13-18H,7-12H2,1-6H3. The fourth-order valence-electron chi connectivity index (χ4n) is 3.52. The van der Waals surface area contributed by atoms with Crippen molar-refractivity contribution in [3.63, 3.8) is 0 Å². The molecule has 0 saturated carbocycles. The van der Waals surface area contributed by atoms with Crippen LogP contribution in [0.3, 0.4) is 0 Å². The van der Waals surface area contributed by atoms with Crippen LogP contribution in [-0.4, -0.2) is 36.1 Å². The summed E-state index contributed by atoms with van der Waals surface area (Å²) in [6.45, 7) is 16.7. The van der Waals surface area contributed by atoms with Crippen molar-refractivity contribution in [1.29, 1.82) is 0 Å². The smallest absolute Gasteiger partial charge is 0.0120 e. The summed E-state index contributed by atoms with van der Waals surface area (Å²) in [7, 11) is 0. The van der Waals surface area contributed by atoms with E-state index in [1.165, 1.54) is 38.8 Å². The van der Waals surface area contributed by atoms with E-state index in [2.05, 4.69) is 51.8 Å². The summed E-state index contributed by atoms with van der Waals surface area (Å²) >= 11 is 0. The van der Waals surface area contributed by atoms with E-state index in [0.717, 1.165) is 23.9 Å². The maximum absolute atomic E-state index is 3.74. The summed E-state index contributed by atoms with van der Waals surface area (Å²) in [4.78, 5) is 2.75. The molecule has 1 aliphatic rings. The minimum absolute atomic E-state index is 0.710. The molecular weight excluding hydrogens is 232 g/mol. The normalized spacial score (nSPS) is 32.2. The van der Waals surface area contributed by atoms with Gasteiger partial charge in [0.1, 0.15) is 0 Å². The second-order valence-corrected chi connectivity index (χ2v) is 6.78. The molecule has 114 valence electrons. The monoisotopic (exact) mass is 268 g/mol. The first-order valence-electron chi connectivity index (χ1n) is 8.50. The van der Waals surface area contributed by atoms with Crippen molar-refractivity contribution in [2.45, 2.75) is 85.4 Å². The van der Waals surface area contributed by atoms with Gasteiger partial charge in [-0.2, -0.15) is 0 Å². The lowest BCUT2D eigenvalue weighted by molar-refractivity contribution is 0.0444. The van der Waals surface area contributed by atoms with Gasteiger partial charge in [-0.15, -0.1) is 0 Å². The number of rotatable bonds is 7. The highest BCUT2D eigenvalue weighted by molar-refractivity contribution is 4.90. The molecule has 0 aromatic rings. The number of hydrogen-bond donors (Lipinski definition) is 1. The number of nitrogens with one attached hydrogen (secondary N) is 1. The summed E-state index contributed by atoms with van der Waals surface area (Å²) in [5, 5.41) is 3.74. The fourth-order valence-corrected chi connectivity index (χ4v) is 3.52. The molecule has 0 aromatic heterocycles. The number of nitrogens with zero attached hydrogens (tertiary/aromatic N) is 1. The summed E-state index contributed by atoms with van der Waals surface area (Å²) in [6, 6.07) is 2.17. The molecule has 1 rings (SSSR count). The van der Waals surface area contributed by atoms with Crippen LogP contribution in [0.2, 0.25) is 0 Å². The zero-order valence-corrected chi connectivity index (χ0v) is 14.1. The van der Waals surface area contributed by atoms with Gasteiger partial charge in [-0.05, 0) is 51.5 Å². The highest BCUT2D eigenvalue weighted by Gasteiger charge is 2.34. The second kappa shape index (κ2) is 8.26. The Bertz CT molecular complexity index is 241. The maximum atomic E-state index is 3.74. The van der Waals surface area contributed by atoms with Gasteiger partial charge < -0.3 is 5.32 Å². The molecule has 5 unspecified atom stereocenters. The van der Waals surface area contributed by atoms with Crippen LogP contribution in [0.15, 0.2) is 0 Å². The van der Waals surface area contributed by atoms with E-state index in [0.29, 0.717) is 6.04 Å². The van der Waals surface area contributed by atoms with E-state index < -0.39 is 0 Å². The molecule has 0 aliphatic carbocycles. The molecule has 1 heterocycles. The molecule has 0 aromatic carbocycles. The van der Waals surface area contributed by atoms with Crippen LogP contribution >= 0.6 is 0 Å². The quantitative estimate of drug-likeness (QED) is 0.753. The van der Waals surface area contributed by atoms with E-state index >= 15 is 0 Å². The first-order chi connectivity index (χ1) is 9.01. The lowest BCUT2D eigenvalue weighted by atomic mass is 9.85. The predicted octanol–water partition coefficient (Wildman–Crippen LogP) is 3.91. The Balaban J connectivity index is 2.51. The molecule has 0 radical (unpaired) electrons. The number of hydrogen-bond acceptors (Lipinski definition) is 2. The lowest BCUT2D eigenvalue weighted by Gasteiger charge is -2.46. The van der Waals surface area contributed by atoms with E-state index in [1.807, 2.05) is 0 Å². The molecule has 1 N–H and O–H groups in total. The minimum atomic E-state index is 0.710. The Morgan fingerprint density at radius 1 is 1.21 bits per heavy atom. The van der Waals surface area contributed by atoms with E-state index in [9.17, 15) is 0 Å². The summed E-state index contributed by atoms with van der Waals surface area (Å²) in [5.41, 5.74) is 0. The van der Waals surface area contributed by atoms with Gasteiger partial charge in [0.05, 0.1) is 0 Å². The van der Waals surface area contributed by atoms with Crippen LogP contribution in [-0.2, 0) is 0 Å². The van der Waals surface area contributed by atoms with Crippen LogP contribution in [0.25, 0.3) is 0 Å². The van der Waals surface area contributed by atoms with E-state index in [1.54, 1.807) is 0 Å². The Hall–Kier alpha value is -0.0800. The lowest BCUT2D eigenvalue weighted by Crippen LogP contribution is -2.56. The zero-order valence-electron chi connectivity index (χ0n) is 14.1. The highest BCUT2D eigenvalue weighted by atomic mass is 15.2. The van der Waals surface area contributed by atoms with Crippen LogP contribution < -0.4 is 5.32 Å². The van der Waals surface area contributed by atoms with Crippen LogP contribution in [0.1, 0.15) is 67.2 Å². The topological polar surface area (TPSA) is 15.3 Å². The molecule has 1 aliphatic heterocycles. The first kappa shape index (κ1) is 17.0. The largest absolute Gasteiger partial charge is 0.314 e. The molecule has 0 amide bonds. The molecule has 5 atom stereocenters. The highest BCUT2D eigenvalue weighted by Crippen LogP contribution is 2.27. The maximum Gasteiger partial charge on any atom is 0.0120 e. The van der Waals surface area contributed by atoms with Gasteiger partial charge in [-0.1, -0.05) is 34.1 Å². The van der Waals surface area contributed by atoms with Gasteiger partial charge in [-0.3, -0.25) is 4.90 Å². The van der Waals surface area contributed by atoms with Gasteiger partial charge in [0, 0.05) is 24.7 Å². The van der Waals surface area contributed by atoms with Crippen LogP contribution in [0, 0.1) is 11.8 Å². The molecule has 1 fully saturated rings. The fraction of sp³-hybridized carbons (Fsp3) is 1.00. The van der Waals surface area contributed by atoms with Gasteiger partial charge >= 0.3 is 0 Å². The Morgan fingerprint density at radius 3 is 2.47 bits per heavy atom. The molecule has 2 heteroatoms. The first-order valence-corrected chi connectivity index (χ1v) is 8.50. The molecule has 1 saturated heterocycles. The Labute approximate surface area is 121 Å². The van der Waals surface area contributed by atoms with Crippen molar-refractivity contribution in [2.75, 3.05) is 13.1 Å². The summed E-state index contributed by atoms with van der Waals surface area (Å²) < 4.78 is 0. The van der Waals surface area contributed by atoms with Crippen molar-refractivity contribution in [3.05, 3.63) is 0 Å². The predicted molar refractivity (Wildman–Crippen MR) is 85.6 cm³/mol. The third-order valence-electron chi connectivity index (χ3n) is 5.28. The van der Waals surface area contributed by atoms with E-state index in [4.69, 9.17) is 0 Å². The average Bonchev–Trinajstić information content (AvgIpc) is 2.40. The van der Waals surface area contributed by atoms with Crippen LogP contribution in [0.4, 0.5) is 0 Å². The minimum Gasteiger partial charge on any atom is -0.314 e. The number of piperidine rings is 1. The number of likely N-dealkylation sites (tertiary alicyclic amines) is 1.